The van der Waals surface area contributed by atoms with Crippen LogP contribution < -0.4 is 5.32 Å². The molecule has 14 heavy (non-hydrogen) atoms. The van der Waals surface area contributed by atoms with E-state index in [0.29, 0.717) is 19.7 Å². The van der Waals surface area contributed by atoms with E-state index in [9.17, 15) is 4.79 Å². The number of carboxylic acids is 1. The normalized spacial score (nSPS) is 10.4. The van der Waals surface area contributed by atoms with Crippen molar-refractivity contribution in [2.75, 3.05) is 20.3 Å². The first-order valence-electron chi connectivity index (χ1n) is 3.99. The van der Waals surface area contributed by atoms with Crippen LogP contribution in [0, 0.1) is 0 Å². The Morgan fingerprint density at radius 3 is 3.07 bits per heavy atom. The fraction of sp³-hybridized carbons (Fsp3) is 0.571. The van der Waals surface area contributed by atoms with Gasteiger partial charge in [-0.15, -0.1) is 0 Å². The molecule has 1 aromatic rings. The number of hydrogen-bond donors (Lipinski definition) is 2. The Labute approximate surface area is 80.1 Å². The van der Waals surface area contributed by atoms with Crippen LogP contribution in [0.25, 0.3) is 0 Å². The first kappa shape index (κ1) is 10.6. The molecular weight excluding hydrogens is 190 g/mol. The average molecular weight is 201 g/mol. The number of aromatic carboxylic acids is 1. The lowest BCUT2D eigenvalue weighted by Gasteiger charge is -1.98. The zero-order chi connectivity index (χ0) is 10.4. The maximum absolute atomic E-state index is 10.4. The number of hydrogen-bond acceptors (Lipinski definition) is 6. The Balaban J connectivity index is 2.33. The fourth-order valence-corrected chi connectivity index (χ4v) is 0.783. The van der Waals surface area contributed by atoms with Crippen molar-refractivity contribution in [1.29, 1.82) is 0 Å². The predicted octanol–water partition coefficient (Wildman–Crippen LogP) is -0.496. The van der Waals surface area contributed by atoms with E-state index in [0.717, 1.165) is 0 Å². The number of nitrogens with one attached hydrogen (secondary N) is 1. The Morgan fingerprint density at radius 2 is 2.50 bits per heavy atom. The lowest BCUT2D eigenvalue weighted by atomic mass is 10.5. The standard InChI is InChI=1S/C7H11N3O4/c1-13-3-2-8-4-5-9-6(7(11)12)10-14-5/h8H,2-4H2,1H3,(H,11,12). The van der Waals surface area contributed by atoms with E-state index in [1.165, 1.54) is 0 Å². The van der Waals surface area contributed by atoms with Crippen molar-refractivity contribution >= 4 is 5.97 Å². The number of rotatable bonds is 6. The van der Waals surface area contributed by atoms with Crippen molar-refractivity contribution in [3.63, 3.8) is 0 Å². The van der Waals surface area contributed by atoms with Gasteiger partial charge in [0.25, 0.3) is 5.82 Å². The maximum atomic E-state index is 10.4. The molecule has 1 aromatic heterocycles. The van der Waals surface area contributed by atoms with Crippen molar-refractivity contribution in [3.05, 3.63) is 11.7 Å². The number of carbonyl (C=O) groups is 1. The number of methoxy groups -OCH3 is 1. The summed E-state index contributed by atoms with van der Waals surface area (Å²) in [4.78, 5) is 14.0. The molecule has 78 valence electrons. The Kier molecular flexibility index (Phi) is 4.02. The van der Waals surface area contributed by atoms with Crippen LogP contribution in [0.3, 0.4) is 0 Å². The Morgan fingerprint density at radius 1 is 1.71 bits per heavy atom. The van der Waals surface area contributed by atoms with Crippen LogP contribution >= 0.6 is 0 Å². The smallest absolute Gasteiger partial charge is 0.377 e. The third-order valence-electron chi connectivity index (χ3n) is 1.42. The zero-order valence-electron chi connectivity index (χ0n) is 7.69. The molecule has 0 bridgehead atoms. The summed E-state index contributed by atoms with van der Waals surface area (Å²) >= 11 is 0. The molecule has 0 spiro atoms. The fourth-order valence-electron chi connectivity index (χ4n) is 0.783. The van der Waals surface area contributed by atoms with E-state index in [1.807, 2.05) is 0 Å². The van der Waals surface area contributed by atoms with Crippen molar-refractivity contribution in [2.24, 2.45) is 0 Å². The maximum Gasteiger partial charge on any atom is 0.377 e. The summed E-state index contributed by atoms with van der Waals surface area (Å²) < 4.78 is 9.46. The van der Waals surface area contributed by atoms with Gasteiger partial charge in [0.2, 0.25) is 5.89 Å². The van der Waals surface area contributed by atoms with E-state index >= 15 is 0 Å². The highest BCUT2D eigenvalue weighted by molar-refractivity contribution is 5.82. The molecule has 0 amide bonds. The minimum absolute atomic E-state index is 0.249. The quantitative estimate of drug-likeness (QED) is 0.599. The van der Waals surface area contributed by atoms with Gasteiger partial charge in [0.1, 0.15) is 0 Å². The van der Waals surface area contributed by atoms with Gasteiger partial charge in [0.05, 0.1) is 13.2 Å². The zero-order valence-corrected chi connectivity index (χ0v) is 7.69. The van der Waals surface area contributed by atoms with Gasteiger partial charge in [0.15, 0.2) is 0 Å². The van der Waals surface area contributed by atoms with E-state index in [-0.39, 0.29) is 11.7 Å². The van der Waals surface area contributed by atoms with E-state index in [4.69, 9.17) is 9.84 Å². The van der Waals surface area contributed by atoms with E-state index < -0.39 is 5.97 Å². The molecule has 0 aromatic carbocycles. The van der Waals surface area contributed by atoms with E-state index in [1.54, 1.807) is 7.11 Å². The molecule has 7 nitrogen and oxygen atoms in total. The van der Waals surface area contributed by atoms with Crippen molar-refractivity contribution in [3.8, 4) is 0 Å². The minimum Gasteiger partial charge on any atom is -0.475 e. The predicted molar refractivity (Wildman–Crippen MR) is 44.8 cm³/mol. The highest BCUT2D eigenvalue weighted by Crippen LogP contribution is 1.96. The molecule has 7 heteroatoms. The van der Waals surface area contributed by atoms with Crippen LogP contribution in [0.1, 0.15) is 16.5 Å². The summed E-state index contributed by atoms with van der Waals surface area (Å²) in [6.07, 6.45) is 0. The molecule has 0 saturated carbocycles. The summed E-state index contributed by atoms with van der Waals surface area (Å²) in [5, 5.41) is 14.7. The molecule has 0 fully saturated rings. The first-order chi connectivity index (χ1) is 6.74. The summed E-state index contributed by atoms with van der Waals surface area (Å²) in [5.74, 6) is -1.27. The molecule has 0 aliphatic rings. The summed E-state index contributed by atoms with van der Waals surface area (Å²) in [7, 11) is 1.59. The third kappa shape index (κ3) is 3.11. The second kappa shape index (κ2) is 5.30. The second-order valence-electron chi connectivity index (χ2n) is 2.49. The van der Waals surface area contributed by atoms with Gasteiger partial charge in [-0.05, 0) is 5.16 Å². The largest absolute Gasteiger partial charge is 0.475 e. The van der Waals surface area contributed by atoms with Crippen molar-refractivity contribution in [1.82, 2.24) is 15.5 Å². The SMILES string of the molecule is COCCNCc1nc(C(=O)O)no1. The molecule has 2 N–H and O–H groups in total. The van der Waals surface area contributed by atoms with Gasteiger partial charge >= 0.3 is 5.97 Å². The minimum atomic E-state index is -1.20. The third-order valence-corrected chi connectivity index (χ3v) is 1.42. The summed E-state index contributed by atoms with van der Waals surface area (Å²) in [5.41, 5.74) is 0. The summed E-state index contributed by atoms with van der Waals surface area (Å²) in [6.45, 7) is 1.55. The van der Waals surface area contributed by atoms with E-state index in [2.05, 4.69) is 20.0 Å². The molecule has 0 aliphatic heterocycles. The van der Waals surface area contributed by atoms with Crippen LogP contribution in [-0.2, 0) is 11.3 Å². The van der Waals surface area contributed by atoms with Crippen LogP contribution in [-0.4, -0.2) is 41.5 Å². The molecule has 0 radical (unpaired) electrons. The highest BCUT2D eigenvalue weighted by atomic mass is 16.5. The first-order valence-corrected chi connectivity index (χ1v) is 3.99. The highest BCUT2D eigenvalue weighted by Gasteiger charge is 2.11. The monoisotopic (exact) mass is 201 g/mol. The van der Waals surface area contributed by atoms with Gasteiger partial charge in [-0.2, -0.15) is 4.98 Å². The van der Waals surface area contributed by atoms with Gasteiger partial charge in [-0.1, -0.05) is 0 Å². The molecule has 1 rings (SSSR count). The summed E-state index contributed by atoms with van der Waals surface area (Å²) in [6, 6.07) is 0. The van der Waals surface area contributed by atoms with Crippen LogP contribution in [0.15, 0.2) is 4.52 Å². The topological polar surface area (TPSA) is 97.5 Å². The molecular formula is C7H11N3O4. The number of aromatic nitrogens is 2. The second-order valence-corrected chi connectivity index (χ2v) is 2.49. The molecule has 0 unspecified atom stereocenters. The number of nitrogens with zero attached hydrogens (tertiary/aromatic N) is 2. The number of carboxylic acid groups (broad SMARTS) is 1. The van der Waals surface area contributed by atoms with Crippen LogP contribution in [0.4, 0.5) is 0 Å². The Hall–Kier alpha value is -1.47. The molecule has 0 atom stereocenters. The van der Waals surface area contributed by atoms with Crippen molar-refractivity contribution < 1.29 is 19.2 Å². The Bertz CT molecular complexity index is 299. The van der Waals surface area contributed by atoms with Gasteiger partial charge < -0.3 is 19.7 Å². The molecule has 1 heterocycles. The van der Waals surface area contributed by atoms with Gasteiger partial charge in [-0.25, -0.2) is 4.79 Å². The van der Waals surface area contributed by atoms with Gasteiger partial charge in [0, 0.05) is 13.7 Å². The van der Waals surface area contributed by atoms with Gasteiger partial charge in [-0.3, -0.25) is 0 Å². The molecule has 0 saturated heterocycles. The lowest BCUT2D eigenvalue weighted by molar-refractivity contribution is 0.0680. The van der Waals surface area contributed by atoms with Crippen LogP contribution in [0.2, 0.25) is 0 Å². The lowest BCUT2D eigenvalue weighted by Crippen LogP contribution is -2.18. The average Bonchev–Trinajstić information content (AvgIpc) is 2.61. The number of ether oxygens (including phenoxy) is 1. The van der Waals surface area contributed by atoms with Crippen LogP contribution in [0.5, 0.6) is 0 Å². The van der Waals surface area contributed by atoms with Crippen molar-refractivity contribution in [2.45, 2.75) is 6.54 Å². The molecule has 0 aliphatic carbocycles.